The van der Waals surface area contributed by atoms with Gasteiger partial charge in [0.1, 0.15) is 10.8 Å². The number of hydrogen-bond acceptors (Lipinski definition) is 6. The van der Waals surface area contributed by atoms with Gasteiger partial charge in [0.2, 0.25) is 15.9 Å². The number of primary amides is 1. The molecule has 2 aromatic rings. The van der Waals surface area contributed by atoms with Crippen molar-refractivity contribution in [2.75, 3.05) is 38.0 Å². The van der Waals surface area contributed by atoms with E-state index in [0.29, 0.717) is 23.7 Å². The summed E-state index contributed by atoms with van der Waals surface area (Å²) < 4.78 is 39.9. The molecule has 1 aromatic carbocycles. The van der Waals surface area contributed by atoms with Crippen molar-refractivity contribution in [2.45, 2.75) is 30.6 Å². The molecule has 1 aliphatic heterocycles. The van der Waals surface area contributed by atoms with Gasteiger partial charge in [-0.2, -0.15) is 4.31 Å². The third-order valence-corrected chi connectivity index (χ3v) is 8.94. The molecule has 0 bridgehead atoms. The van der Waals surface area contributed by atoms with Gasteiger partial charge in [0.05, 0.1) is 17.0 Å². The average molecular weight is 481 g/mol. The summed E-state index contributed by atoms with van der Waals surface area (Å²) in [5, 5.41) is 3.35. The Morgan fingerprint density at radius 3 is 2.38 bits per heavy atom. The van der Waals surface area contributed by atoms with Crippen molar-refractivity contribution in [1.29, 1.82) is 0 Å². The lowest BCUT2D eigenvalue weighted by Crippen LogP contribution is -2.50. The molecule has 0 saturated carbocycles. The van der Waals surface area contributed by atoms with Crippen molar-refractivity contribution in [3.05, 3.63) is 46.1 Å². The summed E-state index contributed by atoms with van der Waals surface area (Å²) in [4.78, 5) is 27.6. The van der Waals surface area contributed by atoms with Crippen LogP contribution >= 0.6 is 11.3 Å². The molecule has 172 valence electrons. The second-order valence-electron chi connectivity index (χ2n) is 7.96. The number of hydrogen-bond donors (Lipinski definition) is 2. The lowest BCUT2D eigenvalue weighted by Gasteiger charge is -2.33. The van der Waals surface area contributed by atoms with Crippen LogP contribution in [0.5, 0.6) is 0 Å². The number of fused-ring (bicyclic) bond motifs is 1. The Hall–Kier alpha value is -2.34. The van der Waals surface area contributed by atoms with Crippen LogP contribution in [-0.2, 0) is 27.7 Å². The predicted octanol–water partition coefficient (Wildman–Crippen LogP) is 1.81. The van der Waals surface area contributed by atoms with Crippen LogP contribution in [0, 0.1) is 5.82 Å². The molecule has 32 heavy (non-hydrogen) atoms. The number of nitrogens with one attached hydrogen (secondary N) is 1. The number of thiophene rings is 1. The summed E-state index contributed by atoms with van der Waals surface area (Å²) in [6, 6.07) is 4.75. The maximum Gasteiger partial charge on any atom is 0.251 e. The first kappa shape index (κ1) is 22.8. The molecule has 1 aromatic heterocycles. The molecule has 0 radical (unpaired) electrons. The van der Waals surface area contributed by atoms with Crippen molar-refractivity contribution in [2.24, 2.45) is 5.73 Å². The van der Waals surface area contributed by atoms with Gasteiger partial charge in [-0.3, -0.25) is 14.5 Å². The number of halogens is 1. The maximum absolute atomic E-state index is 13.1. The molecule has 2 aliphatic rings. The van der Waals surface area contributed by atoms with E-state index in [1.165, 1.54) is 27.8 Å². The Labute approximate surface area is 190 Å². The fraction of sp³-hybridized carbons (Fsp3) is 0.429. The van der Waals surface area contributed by atoms with Crippen LogP contribution in [0.4, 0.5) is 9.39 Å². The van der Waals surface area contributed by atoms with Crippen LogP contribution in [0.15, 0.2) is 29.2 Å². The van der Waals surface area contributed by atoms with E-state index in [1.54, 1.807) is 0 Å². The minimum absolute atomic E-state index is 0.0470. The number of carbonyl (C=O) groups is 2. The normalized spacial score (nSPS) is 17.7. The van der Waals surface area contributed by atoms with Crippen molar-refractivity contribution in [3.63, 3.8) is 0 Å². The molecule has 2 amide bonds. The smallest absolute Gasteiger partial charge is 0.251 e. The molecule has 3 N–H and O–H groups in total. The van der Waals surface area contributed by atoms with Gasteiger partial charge in [-0.1, -0.05) is 0 Å². The van der Waals surface area contributed by atoms with Gasteiger partial charge in [-0.15, -0.1) is 11.3 Å². The number of carbonyl (C=O) groups excluding carboxylic acids is 2. The van der Waals surface area contributed by atoms with E-state index in [4.69, 9.17) is 5.73 Å². The molecule has 8 nitrogen and oxygen atoms in total. The lowest BCUT2D eigenvalue weighted by atomic mass is 9.95. The van der Waals surface area contributed by atoms with E-state index < -0.39 is 21.7 Å². The van der Waals surface area contributed by atoms with Gasteiger partial charge in [0, 0.05) is 31.1 Å². The van der Waals surface area contributed by atoms with Crippen LogP contribution in [0.1, 0.15) is 33.6 Å². The zero-order valence-electron chi connectivity index (χ0n) is 17.5. The SMILES string of the molecule is NC(=O)c1c(NC(=O)CN2CCN(S(=O)(=O)c3ccc(F)cc3)CC2)sc2c1CCCC2. The second kappa shape index (κ2) is 9.26. The first-order valence-corrected chi connectivity index (χ1v) is 12.7. The van der Waals surface area contributed by atoms with Gasteiger partial charge in [-0.05, 0) is 55.5 Å². The molecule has 0 spiro atoms. The Morgan fingerprint density at radius 1 is 1.06 bits per heavy atom. The highest BCUT2D eigenvalue weighted by atomic mass is 32.2. The topological polar surface area (TPSA) is 113 Å². The molecule has 1 aliphatic carbocycles. The van der Waals surface area contributed by atoms with E-state index in [9.17, 15) is 22.4 Å². The third kappa shape index (κ3) is 4.70. The highest BCUT2D eigenvalue weighted by Gasteiger charge is 2.30. The van der Waals surface area contributed by atoms with E-state index in [0.717, 1.165) is 48.3 Å². The number of rotatable bonds is 6. The number of nitrogens with zero attached hydrogens (tertiary/aromatic N) is 2. The van der Waals surface area contributed by atoms with Crippen molar-refractivity contribution >= 4 is 38.2 Å². The molecular formula is C21H25FN4O4S2. The van der Waals surface area contributed by atoms with Crippen molar-refractivity contribution in [1.82, 2.24) is 9.21 Å². The van der Waals surface area contributed by atoms with Gasteiger partial charge in [-0.25, -0.2) is 12.8 Å². The molecule has 2 heterocycles. The van der Waals surface area contributed by atoms with Gasteiger partial charge in [0.15, 0.2) is 0 Å². The molecule has 0 unspecified atom stereocenters. The first-order chi connectivity index (χ1) is 15.3. The largest absolute Gasteiger partial charge is 0.365 e. The summed E-state index contributed by atoms with van der Waals surface area (Å²) in [7, 11) is -3.71. The Kier molecular flexibility index (Phi) is 6.61. The zero-order chi connectivity index (χ0) is 22.9. The molecule has 11 heteroatoms. The predicted molar refractivity (Wildman–Crippen MR) is 120 cm³/mol. The van der Waals surface area contributed by atoms with Crippen LogP contribution in [0.25, 0.3) is 0 Å². The fourth-order valence-electron chi connectivity index (χ4n) is 4.17. The van der Waals surface area contributed by atoms with Crippen molar-refractivity contribution < 1.29 is 22.4 Å². The van der Waals surface area contributed by atoms with Gasteiger partial charge < -0.3 is 11.1 Å². The lowest BCUT2D eigenvalue weighted by molar-refractivity contribution is -0.117. The number of piperazine rings is 1. The first-order valence-electron chi connectivity index (χ1n) is 10.5. The van der Waals surface area contributed by atoms with Gasteiger partial charge in [0.25, 0.3) is 5.91 Å². The van der Waals surface area contributed by atoms with E-state index >= 15 is 0 Å². The van der Waals surface area contributed by atoms with Crippen LogP contribution in [0.2, 0.25) is 0 Å². The Bertz CT molecular complexity index is 1120. The number of aryl methyl sites for hydroxylation is 1. The average Bonchev–Trinajstić information content (AvgIpc) is 3.12. The fourth-order valence-corrected chi connectivity index (χ4v) is 6.90. The quantitative estimate of drug-likeness (QED) is 0.655. The minimum Gasteiger partial charge on any atom is -0.365 e. The van der Waals surface area contributed by atoms with E-state index in [2.05, 4.69) is 5.32 Å². The maximum atomic E-state index is 13.1. The van der Waals surface area contributed by atoms with E-state index in [-0.39, 0.29) is 30.4 Å². The molecule has 0 atom stereocenters. The third-order valence-electron chi connectivity index (χ3n) is 5.82. The zero-order valence-corrected chi connectivity index (χ0v) is 19.1. The van der Waals surface area contributed by atoms with Crippen LogP contribution in [-0.4, -0.2) is 62.2 Å². The van der Waals surface area contributed by atoms with Crippen LogP contribution in [0.3, 0.4) is 0 Å². The number of benzene rings is 1. The minimum atomic E-state index is -3.71. The van der Waals surface area contributed by atoms with Crippen molar-refractivity contribution in [3.8, 4) is 0 Å². The molecule has 1 saturated heterocycles. The summed E-state index contributed by atoms with van der Waals surface area (Å²) in [5.74, 6) is -1.29. The second-order valence-corrected chi connectivity index (χ2v) is 11.0. The van der Waals surface area contributed by atoms with Crippen LogP contribution < -0.4 is 11.1 Å². The molecule has 1 fully saturated rings. The summed E-state index contributed by atoms with van der Waals surface area (Å²) in [6.07, 6.45) is 3.75. The van der Waals surface area contributed by atoms with E-state index in [1.807, 2.05) is 4.90 Å². The molecular weight excluding hydrogens is 455 g/mol. The molecule has 4 rings (SSSR count). The monoisotopic (exact) mass is 480 g/mol. The summed E-state index contributed by atoms with van der Waals surface area (Å²) in [6.45, 7) is 1.32. The number of amides is 2. The standard InChI is InChI=1S/C21H25FN4O4S2/c22-14-5-7-15(8-6-14)32(29,30)26-11-9-25(10-12-26)13-18(27)24-21-19(20(23)28)16-3-1-2-4-17(16)31-21/h5-8H,1-4,9-13H2,(H2,23,28)(H,24,27). The number of sulfonamides is 1. The Morgan fingerprint density at radius 2 is 1.72 bits per heavy atom. The summed E-state index contributed by atoms with van der Waals surface area (Å²) >= 11 is 1.42. The number of anilines is 1. The Balaban J connectivity index is 1.36. The summed E-state index contributed by atoms with van der Waals surface area (Å²) in [5.41, 5.74) is 6.96. The van der Waals surface area contributed by atoms with Gasteiger partial charge >= 0.3 is 0 Å². The highest BCUT2D eigenvalue weighted by molar-refractivity contribution is 7.89. The number of nitrogens with two attached hydrogens (primary N) is 1. The highest BCUT2D eigenvalue weighted by Crippen LogP contribution is 2.37.